The summed E-state index contributed by atoms with van der Waals surface area (Å²) in [5.74, 6) is 0.779. The number of carbonyl (C=O) groups is 1. The summed E-state index contributed by atoms with van der Waals surface area (Å²) in [5.41, 5.74) is 6.17. The Bertz CT molecular complexity index is 404. The standard InChI is InChI=1S/C12H17N3O2/c1-17-12(16)9-3-2-6-14-11(9)15-10(7-13)8-4-5-8/h2-3,6,8,10H,4-5,7,13H2,1H3,(H,14,15). The van der Waals surface area contributed by atoms with Crippen molar-refractivity contribution in [2.75, 3.05) is 19.0 Å². The first-order chi connectivity index (χ1) is 8.26. The summed E-state index contributed by atoms with van der Waals surface area (Å²) in [7, 11) is 1.36. The first-order valence-corrected chi connectivity index (χ1v) is 5.76. The number of ether oxygens (including phenoxy) is 1. The van der Waals surface area contributed by atoms with Gasteiger partial charge in [0.05, 0.1) is 7.11 Å². The van der Waals surface area contributed by atoms with E-state index in [4.69, 9.17) is 10.5 Å². The van der Waals surface area contributed by atoms with Crippen LogP contribution in [-0.2, 0) is 4.74 Å². The highest BCUT2D eigenvalue weighted by molar-refractivity contribution is 5.94. The first-order valence-electron chi connectivity index (χ1n) is 5.76. The molecule has 1 atom stereocenters. The van der Waals surface area contributed by atoms with Crippen molar-refractivity contribution in [3.8, 4) is 0 Å². The maximum atomic E-state index is 11.6. The van der Waals surface area contributed by atoms with Crippen LogP contribution in [0, 0.1) is 5.92 Å². The number of anilines is 1. The zero-order valence-corrected chi connectivity index (χ0v) is 9.85. The van der Waals surface area contributed by atoms with Crippen molar-refractivity contribution >= 4 is 11.8 Å². The second-order valence-corrected chi connectivity index (χ2v) is 4.22. The third-order valence-corrected chi connectivity index (χ3v) is 2.98. The van der Waals surface area contributed by atoms with Crippen LogP contribution in [0.15, 0.2) is 18.3 Å². The van der Waals surface area contributed by atoms with Crippen molar-refractivity contribution in [1.82, 2.24) is 4.98 Å². The van der Waals surface area contributed by atoms with E-state index in [-0.39, 0.29) is 12.0 Å². The summed E-state index contributed by atoms with van der Waals surface area (Å²) in [4.78, 5) is 15.7. The molecule has 1 aromatic heterocycles. The molecule has 1 fully saturated rings. The van der Waals surface area contributed by atoms with Gasteiger partial charge in [0.1, 0.15) is 11.4 Å². The fourth-order valence-corrected chi connectivity index (χ4v) is 1.84. The third-order valence-electron chi connectivity index (χ3n) is 2.98. The minimum absolute atomic E-state index is 0.188. The molecule has 3 N–H and O–H groups in total. The lowest BCUT2D eigenvalue weighted by atomic mass is 10.1. The average Bonchev–Trinajstić information content (AvgIpc) is 3.19. The van der Waals surface area contributed by atoms with Crippen molar-refractivity contribution in [3.63, 3.8) is 0 Å². The Labute approximate surface area is 100 Å². The molecule has 1 aromatic rings. The van der Waals surface area contributed by atoms with E-state index < -0.39 is 0 Å². The van der Waals surface area contributed by atoms with Crippen molar-refractivity contribution in [2.45, 2.75) is 18.9 Å². The number of pyridine rings is 1. The van der Waals surface area contributed by atoms with Gasteiger partial charge < -0.3 is 15.8 Å². The highest BCUT2D eigenvalue weighted by Gasteiger charge is 2.31. The predicted molar refractivity (Wildman–Crippen MR) is 64.8 cm³/mol. The van der Waals surface area contributed by atoms with Gasteiger partial charge in [-0.3, -0.25) is 0 Å². The van der Waals surface area contributed by atoms with Crippen LogP contribution in [0.25, 0.3) is 0 Å². The quantitative estimate of drug-likeness (QED) is 0.745. The Morgan fingerprint density at radius 2 is 2.47 bits per heavy atom. The molecule has 0 aromatic carbocycles. The van der Waals surface area contributed by atoms with Crippen LogP contribution in [0.2, 0.25) is 0 Å². The molecule has 1 aliphatic carbocycles. The molecule has 0 radical (unpaired) electrons. The number of hydrogen-bond donors (Lipinski definition) is 2. The van der Waals surface area contributed by atoms with Crippen LogP contribution in [0.5, 0.6) is 0 Å². The van der Waals surface area contributed by atoms with E-state index in [0.717, 1.165) is 0 Å². The van der Waals surface area contributed by atoms with E-state index in [9.17, 15) is 4.79 Å². The summed E-state index contributed by atoms with van der Waals surface area (Å²) in [5, 5.41) is 3.24. The SMILES string of the molecule is COC(=O)c1cccnc1NC(CN)C1CC1. The lowest BCUT2D eigenvalue weighted by Gasteiger charge is -2.18. The number of rotatable bonds is 5. The normalized spacial score (nSPS) is 16.4. The summed E-state index contributed by atoms with van der Waals surface area (Å²) < 4.78 is 4.72. The molecular weight excluding hydrogens is 218 g/mol. The second-order valence-electron chi connectivity index (χ2n) is 4.22. The van der Waals surface area contributed by atoms with Gasteiger partial charge in [0.25, 0.3) is 0 Å². The Kier molecular flexibility index (Phi) is 3.58. The zero-order valence-electron chi connectivity index (χ0n) is 9.85. The molecule has 1 saturated carbocycles. The lowest BCUT2D eigenvalue weighted by Crippen LogP contribution is -2.32. The number of nitrogens with one attached hydrogen (secondary N) is 1. The van der Waals surface area contributed by atoms with Gasteiger partial charge in [0.2, 0.25) is 0 Å². The van der Waals surface area contributed by atoms with Crippen LogP contribution in [-0.4, -0.2) is 30.6 Å². The number of nitrogens with zero attached hydrogens (tertiary/aromatic N) is 1. The smallest absolute Gasteiger partial charge is 0.341 e. The van der Waals surface area contributed by atoms with Crippen molar-refractivity contribution in [2.24, 2.45) is 11.7 Å². The Balaban J connectivity index is 2.16. The van der Waals surface area contributed by atoms with E-state index in [1.54, 1.807) is 18.3 Å². The van der Waals surface area contributed by atoms with Gasteiger partial charge in [-0.1, -0.05) is 0 Å². The molecule has 0 saturated heterocycles. The topological polar surface area (TPSA) is 77.2 Å². The Morgan fingerprint density at radius 3 is 3.06 bits per heavy atom. The lowest BCUT2D eigenvalue weighted by molar-refractivity contribution is 0.0601. The fourth-order valence-electron chi connectivity index (χ4n) is 1.84. The van der Waals surface area contributed by atoms with Crippen LogP contribution in [0.4, 0.5) is 5.82 Å². The van der Waals surface area contributed by atoms with E-state index in [1.165, 1.54) is 20.0 Å². The highest BCUT2D eigenvalue weighted by atomic mass is 16.5. The van der Waals surface area contributed by atoms with Crippen LogP contribution >= 0.6 is 0 Å². The number of hydrogen-bond acceptors (Lipinski definition) is 5. The molecule has 5 heteroatoms. The molecule has 1 aliphatic rings. The number of aromatic nitrogens is 1. The predicted octanol–water partition coefficient (Wildman–Crippen LogP) is 1.02. The number of methoxy groups -OCH3 is 1. The summed E-state index contributed by atoms with van der Waals surface area (Å²) in [6, 6.07) is 3.60. The summed E-state index contributed by atoms with van der Waals surface area (Å²) >= 11 is 0. The Morgan fingerprint density at radius 1 is 1.71 bits per heavy atom. The van der Waals surface area contributed by atoms with Gasteiger partial charge in [-0.15, -0.1) is 0 Å². The van der Waals surface area contributed by atoms with Crippen LogP contribution in [0.3, 0.4) is 0 Å². The number of nitrogens with two attached hydrogens (primary N) is 1. The van der Waals surface area contributed by atoms with E-state index in [2.05, 4.69) is 10.3 Å². The van der Waals surface area contributed by atoms with Gasteiger partial charge >= 0.3 is 5.97 Å². The average molecular weight is 235 g/mol. The van der Waals surface area contributed by atoms with Gasteiger partial charge in [-0.25, -0.2) is 9.78 Å². The molecule has 0 bridgehead atoms. The van der Waals surface area contributed by atoms with Gasteiger partial charge in [0.15, 0.2) is 0 Å². The van der Waals surface area contributed by atoms with Crippen LogP contribution in [0.1, 0.15) is 23.2 Å². The van der Waals surface area contributed by atoms with Gasteiger partial charge in [0, 0.05) is 18.8 Å². The molecule has 5 nitrogen and oxygen atoms in total. The number of carbonyl (C=O) groups excluding carboxylic acids is 1. The van der Waals surface area contributed by atoms with E-state index in [1.807, 2.05) is 0 Å². The van der Waals surface area contributed by atoms with Gasteiger partial charge in [-0.05, 0) is 30.9 Å². The minimum atomic E-state index is -0.382. The van der Waals surface area contributed by atoms with E-state index >= 15 is 0 Å². The first kappa shape index (κ1) is 11.9. The highest BCUT2D eigenvalue weighted by Crippen LogP contribution is 2.33. The molecule has 1 heterocycles. The zero-order chi connectivity index (χ0) is 12.3. The van der Waals surface area contributed by atoms with Crippen molar-refractivity contribution in [3.05, 3.63) is 23.9 Å². The molecule has 2 rings (SSSR count). The summed E-state index contributed by atoms with van der Waals surface area (Å²) in [6.45, 7) is 0.544. The largest absolute Gasteiger partial charge is 0.465 e. The maximum absolute atomic E-state index is 11.6. The minimum Gasteiger partial charge on any atom is -0.465 e. The Hall–Kier alpha value is -1.62. The molecule has 0 amide bonds. The van der Waals surface area contributed by atoms with E-state index in [0.29, 0.717) is 23.8 Å². The molecule has 17 heavy (non-hydrogen) atoms. The van der Waals surface area contributed by atoms with Gasteiger partial charge in [-0.2, -0.15) is 0 Å². The monoisotopic (exact) mass is 235 g/mol. The summed E-state index contributed by atoms with van der Waals surface area (Å²) in [6.07, 6.45) is 4.03. The van der Waals surface area contributed by atoms with Crippen molar-refractivity contribution in [1.29, 1.82) is 0 Å². The third kappa shape index (κ3) is 2.74. The fraction of sp³-hybridized carbons (Fsp3) is 0.500. The molecule has 1 unspecified atom stereocenters. The molecular formula is C12H17N3O2. The molecule has 92 valence electrons. The van der Waals surface area contributed by atoms with Crippen LogP contribution < -0.4 is 11.1 Å². The molecule has 0 aliphatic heterocycles. The number of esters is 1. The molecule has 0 spiro atoms. The van der Waals surface area contributed by atoms with Crippen molar-refractivity contribution < 1.29 is 9.53 Å². The maximum Gasteiger partial charge on any atom is 0.341 e. The second kappa shape index (κ2) is 5.14.